The highest BCUT2D eigenvalue weighted by atomic mass is 16.6. The number of Topliss-reactive ketones (excluding diaryl/α,β-unsaturated/α-hetero) is 1. The van der Waals surface area contributed by atoms with Crippen molar-refractivity contribution in [3.05, 3.63) is 34.1 Å². The summed E-state index contributed by atoms with van der Waals surface area (Å²) in [5.74, 6) is 0.169. The van der Waals surface area contributed by atoms with Crippen LogP contribution in [-0.4, -0.2) is 21.8 Å². The molecule has 0 unspecified atom stereocenters. The van der Waals surface area contributed by atoms with Crippen molar-refractivity contribution in [1.29, 1.82) is 0 Å². The number of nitro groups is 1. The second-order valence-corrected chi connectivity index (χ2v) is 5.06. The summed E-state index contributed by atoms with van der Waals surface area (Å²) in [4.78, 5) is 26.4. The van der Waals surface area contributed by atoms with Gasteiger partial charge < -0.3 is 4.74 Å². The van der Waals surface area contributed by atoms with Crippen LogP contribution in [0, 0.1) is 16.0 Å². The molecule has 0 N–H and O–H groups in total. The van der Waals surface area contributed by atoms with E-state index < -0.39 is 11.0 Å². The molecule has 0 bridgehead atoms. The summed E-state index contributed by atoms with van der Waals surface area (Å²) in [6.45, 7) is 0. The number of carbonyl (C=O) groups excluding carboxylic acids is 1. The molecule has 1 aromatic rings. The molecule has 2 heterocycles. The van der Waals surface area contributed by atoms with Crippen LogP contribution in [0.2, 0.25) is 0 Å². The van der Waals surface area contributed by atoms with Crippen LogP contribution in [-0.2, 0) is 9.53 Å². The molecule has 3 rings (SSSR count). The molecule has 0 amide bonds. The summed E-state index contributed by atoms with van der Waals surface area (Å²) in [5.41, 5.74) is 0.385. The number of hydrogen-bond acceptors (Lipinski definition) is 5. The number of aromatic nitrogens is 1. The molecule has 1 saturated heterocycles. The lowest BCUT2D eigenvalue weighted by molar-refractivity contribution is -0.386. The fraction of sp³-hybridized carbons (Fsp3) is 0.538. The van der Waals surface area contributed by atoms with Crippen molar-refractivity contribution < 1.29 is 14.5 Å². The summed E-state index contributed by atoms with van der Waals surface area (Å²) < 4.78 is 5.90. The average molecular weight is 262 g/mol. The number of fused-ring (bicyclic) bond motifs is 1. The molecule has 2 fully saturated rings. The zero-order valence-electron chi connectivity index (χ0n) is 10.3. The summed E-state index contributed by atoms with van der Waals surface area (Å²) in [5, 5.41) is 11.0. The molecule has 1 aliphatic carbocycles. The number of hydrogen-bond donors (Lipinski definition) is 0. The lowest BCUT2D eigenvalue weighted by atomic mass is 9.90. The van der Waals surface area contributed by atoms with E-state index in [1.165, 1.54) is 12.4 Å². The Morgan fingerprint density at radius 2 is 2.26 bits per heavy atom. The zero-order valence-corrected chi connectivity index (χ0v) is 10.3. The second-order valence-electron chi connectivity index (χ2n) is 5.06. The van der Waals surface area contributed by atoms with Crippen LogP contribution in [0.3, 0.4) is 0 Å². The van der Waals surface area contributed by atoms with Gasteiger partial charge in [-0.05, 0) is 18.9 Å². The molecule has 19 heavy (non-hydrogen) atoms. The van der Waals surface area contributed by atoms with Crippen molar-refractivity contribution in [2.45, 2.75) is 37.9 Å². The van der Waals surface area contributed by atoms with Crippen molar-refractivity contribution in [2.24, 2.45) is 5.92 Å². The van der Waals surface area contributed by atoms with E-state index in [4.69, 9.17) is 4.74 Å². The van der Waals surface area contributed by atoms with Crippen LogP contribution in [0.25, 0.3) is 0 Å². The van der Waals surface area contributed by atoms with Gasteiger partial charge in [-0.2, -0.15) is 0 Å². The Morgan fingerprint density at radius 3 is 3.05 bits per heavy atom. The fourth-order valence-corrected chi connectivity index (χ4v) is 3.06. The molecule has 100 valence electrons. The highest BCUT2D eigenvalue weighted by molar-refractivity contribution is 5.83. The zero-order chi connectivity index (χ0) is 13.4. The van der Waals surface area contributed by atoms with E-state index in [-0.39, 0.29) is 29.9 Å². The smallest absolute Gasteiger partial charge is 0.293 e. The van der Waals surface area contributed by atoms with Gasteiger partial charge in [0, 0.05) is 18.5 Å². The maximum atomic E-state index is 12.1. The molecule has 0 aromatic carbocycles. The van der Waals surface area contributed by atoms with E-state index in [9.17, 15) is 14.9 Å². The van der Waals surface area contributed by atoms with E-state index >= 15 is 0 Å². The number of nitrogens with zero attached hydrogens (tertiary/aromatic N) is 2. The minimum atomic E-state index is -0.504. The van der Waals surface area contributed by atoms with Crippen molar-refractivity contribution in [3.8, 4) is 0 Å². The fourth-order valence-electron chi connectivity index (χ4n) is 3.06. The van der Waals surface area contributed by atoms with E-state index in [0.717, 1.165) is 19.3 Å². The van der Waals surface area contributed by atoms with Gasteiger partial charge in [-0.25, -0.2) is 0 Å². The number of ether oxygens (including phenoxy) is 1. The van der Waals surface area contributed by atoms with E-state index in [1.54, 1.807) is 6.07 Å². The minimum Gasteiger partial charge on any atom is -0.369 e. The molecule has 1 aromatic heterocycles. The first-order chi connectivity index (χ1) is 9.16. The standard InChI is InChI=1S/C13H14N2O4/c16-11-6-13(19-12-3-1-2-9(11)12)8-4-5-14-7-10(8)15(17)18/h4-5,7,9,12-13H,1-3,6H2/t9-,12-,13-/m1/s1. The minimum absolute atomic E-state index is 0.00265. The number of carbonyl (C=O) groups is 1. The van der Waals surface area contributed by atoms with Crippen LogP contribution in [0.15, 0.2) is 18.5 Å². The van der Waals surface area contributed by atoms with Gasteiger partial charge in [0.1, 0.15) is 12.0 Å². The van der Waals surface area contributed by atoms with Gasteiger partial charge in [0.25, 0.3) is 5.69 Å². The molecule has 2 aliphatic rings. The van der Waals surface area contributed by atoms with E-state index in [1.807, 2.05) is 0 Å². The van der Waals surface area contributed by atoms with Crippen LogP contribution >= 0.6 is 0 Å². The Bertz CT molecular complexity index is 531. The SMILES string of the molecule is O=C1C[C@H](c2ccncc2[N+](=O)[O-])O[C@@H]2CCC[C@H]12. The molecular formula is C13H14N2O4. The maximum absolute atomic E-state index is 12.1. The largest absolute Gasteiger partial charge is 0.369 e. The van der Waals surface area contributed by atoms with Gasteiger partial charge in [0.05, 0.1) is 22.7 Å². The van der Waals surface area contributed by atoms with E-state index in [0.29, 0.717) is 5.56 Å². The van der Waals surface area contributed by atoms with Crippen LogP contribution < -0.4 is 0 Å². The predicted octanol–water partition coefficient (Wildman–Crippen LogP) is 2.19. The molecule has 3 atom stereocenters. The average Bonchev–Trinajstić information content (AvgIpc) is 2.87. The van der Waals surface area contributed by atoms with Gasteiger partial charge >= 0.3 is 0 Å². The van der Waals surface area contributed by atoms with Gasteiger partial charge in [-0.1, -0.05) is 6.42 Å². The predicted molar refractivity (Wildman–Crippen MR) is 65.5 cm³/mol. The Balaban J connectivity index is 1.91. The topological polar surface area (TPSA) is 82.3 Å². The number of pyridine rings is 1. The summed E-state index contributed by atoms with van der Waals surface area (Å²) in [7, 11) is 0. The lowest BCUT2D eigenvalue weighted by Gasteiger charge is -2.31. The monoisotopic (exact) mass is 262 g/mol. The molecule has 1 aliphatic heterocycles. The van der Waals surface area contributed by atoms with Crippen LogP contribution in [0.1, 0.15) is 37.4 Å². The molecular weight excluding hydrogens is 248 g/mol. The lowest BCUT2D eigenvalue weighted by Crippen LogP contribution is -2.34. The second kappa shape index (κ2) is 4.70. The highest BCUT2D eigenvalue weighted by Gasteiger charge is 2.42. The summed E-state index contributed by atoms with van der Waals surface area (Å²) in [6.07, 6.45) is 5.11. The van der Waals surface area contributed by atoms with Crippen molar-refractivity contribution in [3.63, 3.8) is 0 Å². The van der Waals surface area contributed by atoms with Gasteiger partial charge in [0.15, 0.2) is 0 Å². The maximum Gasteiger partial charge on any atom is 0.293 e. The summed E-state index contributed by atoms with van der Waals surface area (Å²) >= 11 is 0. The Morgan fingerprint density at radius 1 is 1.42 bits per heavy atom. The quantitative estimate of drug-likeness (QED) is 0.602. The third-order valence-corrected chi connectivity index (χ3v) is 3.97. The third kappa shape index (κ3) is 2.12. The Labute approximate surface area is 109 Å². The van der Waals surface area contributed by atoms with Crippen molar-refractivity contribution in [1.82, 2.24) is 4.98 Å². The number of rotatable bonds is 2. The van der Waals surface area contributed by atoms with Crippen LogP contribution in [0.5, 0.6) is 0 Å². The molecule has 6 heteroatoms. The highest BCUT2D eigenvalue weighted by Crippen LogP contribution is 2.42. The molecule has 6 nitrogen and oxygen atoms in total. The summed E-state index contributed by atoms with van der Waals surface area (Å²) in [6, 6.07) is 1.57. The molecule has 0 radical (unpaired) electrons. The number of ketones is 1. The Hall–Kier alpha value is -1.82. The van der Waals surface area contributed by atoms with Crippen molar-refractivity contribution >= 4 is 11.5 Å². The van der Waals surface area contributed by atoms with Crippen LogP contribution in [0.4, 0.5) is 5.69 Å². The first kappa shape index (κ1) is 12.2. The first-order valence-electron chi connectivity index (χ1n) is 6.43. The molecule has 1 saturated carbocycles. The van der Waals surface area contributed by atoms with Gasteiger partial charge in [-0.3, -0.25) is 19.9 Å². The normalized spacial score (nSPS) is 30.1. The Kier molecular flexibility index (Phi) is 3.02. The van der Waals surface area contributed by atoms with Gasteiger partial charge in [0.2, 0.25) is 0 Å². The van der Waals surface area contributed by atoms with Gasteiger partial charge in [-0.15, -0.1) is 0 Å². The van der Waals surface area contributed by atoms with Crippen molar-refractivity contribution in [2.75, 3.05) is 0 Å². The van der Waals surface area contributed by atoms with E-state index in [2.05, 4.69) is 4.98 Å². The first-order valence-corrected chi connectivity index (χ1v) is 6.43. The third-order valence-electron chi connectivity index (χ3n) is 3.97. The molecule has 0 spiro atoms.